The first kappa shape index (κ1) is 13.4. The second-order valence-corrected chi connectivity index (χ2v) is 4.62. The van der Waals surface area contributed by atoms with Crippen LogP contribution in [0.4, 0.5) is 8.78 Å². The van der Waals surface area contributed by atoms with E-state index in [1.54, 1.807) is 24.0 Å². The van der Waals surface area contributed by atoms with Gasteiger partial charge in [-0.1, -0.05) is 0 Å². The highest BCUT2D eigenvalue weighted by Crippen LogP contribution is 2.23. The molecule has 3 aromatic rings. The van der Waals surface area contributed by atoms with Gasteiger partial charge in [-0.3, -0.25) is 4.68 Å². The normalized spacial score (nSPS) is 10.8. The molecule has 0 amide bonds. The number of benzene rings is 1. The van der Waals surface area contributed by atoms with E-state index < -0.39 is 11.6 Å². The van der Waals surface area contributed by atoms with Gasteiger partial charge in [0, 0.05) is 29.7 Å². The zero-order valence-corrected chi connectivity index (χ0v) is 11.3. The maximum Gasteiger partial charge on any atom is 0.159 e. The van der Waals surface area contributed by atoms with E-state index in [1.807, 2.05) is 12.3 Å². The maximum atomic E-state index is 13.4. The molecule has 2 aromatic heterocycles. The molecule has 2 heterocycles. The van der Waals surface area contributed by atoms with Crippen molar-refractivity contribution in [2.75, 3.05) is 0 Å². The van der Waals surface area contributed by atoms with Crippen LogP contribution in [0.2, 0.25) is 0 Å². The molecule has 1 aromatic carbocycles. The van der Waals surface area contributed by atoms with E-state index in [1.165, 1.54) is 6.07 Å². The zero-order chi connectivity index (χ0) is 14.8. The van der Waals surface area contributed by atoms with Crippen molar-refractivity contribution in [2.24, 2.45) is 0 Å². The number of hydrogen-bond acceptors (Lipinski definition) is 3. The van der Waals surface area contributed by atoms with Crippen LogP contribution in [0, 0.1) is 18.6 Å². The van der Waals surface area contributed by atoms with Gasteiger partial charge >= 0.3 is 0 Å². The van der Waals surface area contributed by atoms with Crippen molar-refractivity contribution in [1.29, 1.82) is 0 Å². The number of halogens is 2. The quantitative estimate of drug-likeness (QED) is 0.743. The minimum atomic E-state index is -0.895. The Labute approximate surface area is 120 Å². The van der Waals surface area contributed by atoms with Crippen LogP contribution in [-0.2, 0) is 6.54 Å². The first-order chi connectivity index (χ1) is 10.1. The van der Waals surface area contributed by atoms with Crippen LogP contribution >= 0.6 is 0 Å². The summed E-state index contributed by atoms with van der Waals surface area (Å²) in [7, 11) is 0. The van der Waals surface area contributed by atoms with Gasteiger partial charge in [0.1, 0.15) is 5.82 Å². The first-order valence-corrected chi connectivity index (χ1v) is 6.39. The van der Waals surface area contributed by atoms with Gasteiger partial charge in [0.25, 0.3) is 0 Å². The van der Waals surface area contributed by atoms with E-state index in [-0.39, 0.29) is 0 Å². The monoisotopic (exact) mass is 286 g/mol. The topological polar surface area (TPSA) is 43.6 Å². The first-order valence-electron chi connectivity index (χ1n) is 6.39. The third-order valence-corrected chi connectivity index (χ3v) is 3.07. The molecule has 106 valence electrons. The van der Waals surface area contributed by atoms with Gasteiger partial charge in [0.15, 0.2) is 11.6 Å². The fourth-order valence-corrected chi connectivity index (χ4v) is 2.07. The van der Waals surface area contributed by atoms with Crippen LogP contribution in [0.15, 0.2) is 42.9 Å². The zero-order valence-electron chi connectivity index (χ0n) is 11.3. The summed E-state index contributed by atoms with van der Waals surface area (Å²) >= 11 is 0. The number of rotatable bonds is 3. The van der Waals surface area contributed by atoms with Crippen LogP contribution in [0.5, 0.6) is 0 Å². The van der Waals surface area contributed by atoms with Crippen LogP contribution in [0.25, 0.3) is 11.3 Å². The summed E-state index contributed by atoms with van der Waals surface area (Å²) in [5.41, 5.74) is 1.88. The highest BCUT2D eigenvalue weighted by molar-refractivity contribution is 5.62. The summed E-state index contributed by atoms with van der Waals surface area (Å²) in [6, 6.07) is 5.56. The fraction of sp³-hybridized carbons (Fsp3) is 0.133. The SMILES string of the molecule is Cc1ncc(Cn2cccn2)c(-c2ccc(F)c(F)c2)n1. The molecule has 0 radical (unpaired) electrons. The minimum absolute atomic E-state index is 0.460. The van der Waals surface area contributed by atoms with E-state index in [9.17, 15) is 8.78 Å². The average Bonchev–Trinajstić information content (AvgIpc) is 2.97. The molecule has 4 nitrogen and oxygen atoms in total. The van der Waals surface area contributed by atoms with Gasteiger partial charge in [0.2, 0.25) is 0 Å². The van der Waals surface area contributed by atoms with Crippen molar-refractivity contribution in [1.82, 2.24) is 19.7 Å². The van der Waals surface area contributed by atoms with E-state index in [0.717, 1.165) is 17.7 Å². The van der Waals surface area contributed by atoms with Gasteiger partial charge in [-0.2, -0.15) is 5.10 Å². The Balaban J connectivity index is 2.07. The van der Waals surface area contributed by atoms with E-state index >= 15 is 0 Å². The molecule has 0 saturated heterocycles. The number of aromatic nitrogens is 4. The number of hydrogen-bond donors (Lipinski definition) is 0. The Morgan fingerprint density at radius 3 is 2.76 bits per heavy atom. The Hall–Kier alpha value is -2.63. The molecular weight excluding hydrogens is 274 g/mol. The lowest BCUT2D eigenvalue weighted by atomic mass is 10.1. The molecular formula is C15H12F2N4. The predicted molar refractivity (Wildman–Crippen MR) is 73.5 cm³/mol. The third-order valence-electron chi connectivity index (χ3n) is 3.07. The van der Waals surface area contributed by atoms with Gasteiger partial charge in [0.05, 0.1) is 12.2 Å². The molecule has 0 aliphatic rings. The largest absolute Gasteiger partial charge is 0.268 e. The second-order valence-electron chi connectivity index (χ2n) is 4.62. The lowest BCUT2D eigenvalue weighted by Crippen LogP contribution is -2.05. The molecule has 6 heteroatoms. The van der Waals surface area contributed by atoms with Crippen molar-refractivity contribution in [2.45, 2.75) is 13.5 Å². The summed E-state index contributed by atoms with van der Waals surface area (Å²) in [6.45, 7) is 2.21. The number of nitrogens with zero attached hydrogens (tertiary/aromatic N) is 4. The third kappa shape index (κ3) is 2.79. The Kier molecular flexibility index (Phi) is 3.43. The molecule has 0 spiro atoms. The molecule has 0 unspecified atom stereocenters. The van der Waals surface area contributed by atoms with Crippen molar-refractivity contribution in [3.05, 3.63) is 65.9 Å². The van der Waals surface area contributed by atoms with Crippen LogP contribution < -0.4 is 0 Å². The lowest BCUT2D eigenvalue weighted by Gasteiger charge is -2.10. The van der Waals surface area contributed by atoms with Gasteiger partial charge in [-0.05, 0) is 31.2 Å². The molecule has 0 aliphatic carbocycles. The van der Waals surface area contributed by atoms with Crippen molar-refractivity contribution in [3.8, 4) is 11.3 Å². The second kappa shape index (κ2) is 5.40. The molecule has 0 bridgehead atoms. The maximum absolute atomic E-state index is 13.4. The molecule has 0 atom stereocenters. The predicted octanol–water partition coefficient (Wildman–Crippen LogP) is 2.98. The lowest BCUT2D eigenvalue weighted by molar-refractivity contribution is 0.509. The van der Waals surface area contributed by atoms with E-state index in [2.05, 4.69) is 15.1 Å². The molecule has 0 fully saturated rings. The van der Waals surface area contributed by atoms with Crippen molar-refractivity contribution >= 4 is 0 Å². The fourth-order valence-electron chi connectivity index (χ4n) is 2.07. The standard InChI is InChI=1S/C15H12F2N4/c1-10-18-8-12(9-21-6-2-5-19-21)15(20-10)11-3-4-13(16)14(17)7-11/h2-8H,9H2,1H3. The van der Waals surface area contributed by atoms with Crippen molar-refractivity contribution < 1.29 is 8.78 Å². The summed E-state index contributed by atoms with van der Waals surface area (Å²) < 4.78 is 28.2. The molecule has 0 saturated carbocycles. The van der Waals surface area contributed by atoms with E-state index in [0.29, 0.717) is 23.6 Å². The van der Waals surface area contributed by atoms with Crippen LogP contribution in [0.3, 0.4) is 0 Å². The van der Waals surface area contributed by atoms with Crippen molar-refractivity contribution in [3.63, 3.8) is 0 Å². The number of aryl methyl sites for hydroxylation is 1. The smallest absolute Gasteiger partial charge is 0.159 e. The molecule has 0 aliphatic heterocycles. The highest BCUT2D eigenvalue weighted by Gasteiger charge is 2.12. The Morgan fingerprint density at radius 1 is 1.19 bits per heavy atom. The van der Waals surface area contributed by atoms with Gasteiger partial charge < -0.3 is 0 Å². The van der Waals surface area contributed by atoms with Gasteiger partial charge in [-0.15, -0.1) is 0 Å². The molecule has 0 N–H and O–H groups in total. The summed E-state index contributed by atoms with van der Waals surface area (Å²) in [5.74, 6) is -1.20. The minimum Gasteiger partial charge on any atom is -0.268 e. The van der Waals surface area contributed by atoms with Gasteiger partial charge in [-0.25, -0.2) is 18.7 Å². The summed E-state index contributed by atoms with van der Waals surface area (Å²) in [5, 5.41) is 4.13. The van der Waals surface area contributed by atoms with E-state index in [4.69, 9.17) is 0 Å². The average molecular weight is 286 g/mol. The Bertz CT molecular complexity index is 769. The summed E-state index contributed by atoms with van der Waals surface area (Å²) in [4.78, 5) is 8.52. The summed E-state index contributed by atoms with van der Waals surface area (Å²) in [6.07, 6.45) is 5.17. The van der Waals surface area contributed by atoms with Crippen LogP contribution in [-0.4, -0.2) is 19.7 Å². The van der Waals surface area contributed by atoms with Crippen LogP contribution in [0.1, 0.15) is 11.4 Å². The Morgan fingerprint density at radius 2 is 2.05 bits per heavy atom. The molecule has 21 heavy (non-hydrogen) atoms. The highest BCUT2D eigenvalue weighted by atomic mass is 19.2. The molecule has 3 rings (SSSR count).